The van der Waals surface area contributed by atoms with Crippen LogP contribution < -0.4 is 0 Å². The summed E-state index contributed by atoms with van der Waals surface area (Å²) in [5, 5.41) is -1.43. The molecule has 3 aromatic heterocycles. The quantitative estimate of drug-likeness (QED) is 0.138. The molecule has 7 aromatic rings. The van der Waals surface area contributed by atoms with Crippen LogP contribution in [0.5, 0.6) is 0 Å². The van der Waals surface area contributed by atoms with E-state index in [-0.39, 0.29) is 130 Å². The number of nitrogens with zero attached hydrogens (tertiary/aromatic N) is 2. The van der Waals surface area contributed by atoms with E-state index in [9.17, 15) is 33.7 Å². The van der Waals surface area contributed by atoms with Crippen LogP contribution in [0.2, 0.25) is 40.2 Å². The predicted octanol–water partition coefficient (Wildman–Crippen LogP) is 16.3. The third kappa shape index (κ3) is 10.1. The van der Waals surface area contributed by atoms with Gasteiger partial charge >= 0.3 is 0 Å². The Balaban J connectivity index is 1.54. The molecule has 2 aliphatic rings. The number of benzene rings is 4. The van der Waals surface area contributed by atoms with Gasteiger partial charge in [-0.15, -0.1) is 0 Å². The van der Waals surface area contributed by atoms with Crippen molar-refractivity contribution in [1.82, 2.24) is 19.9 Å². The molecule has 12 nitrogen and oxygen atoms in total. The van der Waals surface area contributed by atoms with Gasteiger partial charge in [0.1, 0.15) is 0 Å². The largest absolute Gasteiger partial charge is 0.354 e. The summed E-state index contributed by atoms with van der Waals surface area (Å²) in [6.07, 6.45) is 6.29. The number of hydrogen-bond donors (Lipinski definition) is 2. The molecule has 0 amide bonds. The molecular weight excluding hydrogens is 1270 g/mol. The third-order valence-electron chi connectivity index (χ3n) is 10.9. The van der Waals surface area contributed by atoms with Crippen LogP contribution in [-0.4, -0.2) is 53.6 Å². The molecule has 0 spiro atoms. The van der Waals surface area contributed by atoms with Crippen molar-refractivity contribution in [2.45, 2.75) is 19.6 Å². The van der Waals surface area contributed by atoms with Crippen molar-refractivity contribution in [2.24, 2.45) is 0 Å². The van der Waals surface area contributed by atoms with Crippen molar-refractivity contribution in [2.75, 3.05) is 0 Å². The Kier molecular flexibility index (Phi) is 14.4. The van der Waals surface area contributed by atoms with Gasteiger partial charge in [-0.2, -0.15) is 0 Å². The minimum Gasteiger partial charge on any atom is -0.354 e. The van der Waals surface area contributed by atoms with Crippen molar-refractivity contribution >= 4 is 218 Å². The summed E-state index contributed by atoms with van der Waals surface area (Å²) < 4.78 is 100. The molecule has 0 saturated carbocycles. The van der Waals surface area contributed by atoms with Gasteiger partial charge in [-0.25, -0.2) is 43.6 Å². The van der Waals surface area contributed by atoms with Gasteiger partial charge < -0.3 is 9.97 Å². The summed E-state index contributed by atoms with van der Waals surface area (Å²) in [6, 6.07) is 15.2. The normalized spacial score (nSPS) is 13.1. The van der Waals surface area contributed by atoms with Gasteiger partial charge in [0.05, 0.1) is 82.5 Å². The first-order valence-electron chi connectivity index (χ1n) is 19.4. The van der Waals surface area contributed by atoms with Gasteiger partial charge in [-0.1, -0.05) is 92.8 Å². The van der Waals surface area contributed by atoms with Gasteiger partial charge in [0.15, 0.2) is 0 Å². The summed E-state index contributed by atoms with van der Waals surface area (Å²) in [5.74, 6) is 0. The van der Waals surface area contributed by atoms with E-state index < -0.39 is 55.8 Å². The zero-order chi connectivity index (χ0) is 52.3. The molecule has 8 bridgehead atoms. The Morgan fingerprint density at radius 2 is 0.458 bits per heavy atom. The highest BCUT2D eigenvalue weighted by Gasteiger charge is 2.28. The Morgan fingerprint density at radius 3 is 0.611 bits per heavy atom. The molecule has 72 heavy (non-hydrogen) atoms. The van der Waals surface area contributed by atoms with E-state index in [4.69, 9.17) is 146 Å². The molecule has 5 heterocycles. The van der Waals surface area contributed by atoms with Crippen LogP contribution in [0.4, 0.5) is 0 Å². The van der Waals surface area contributed by atoms with Crippen LogP contribution >= 0.6 is 136 Å². The zero-order valence-electron chi connectivity index (χ0n) is 34.6. The van der Waals surface area contributed by atoms with Gasteiger partial charge in [0, 0.05) is 109 Å². The SMILES string of the molecule is O=S(=O)(Cl)c1cc(Cl)c(-c2c3nc(c(-c4c(Cl)cc(S(=O)(=O)Cl)cc4Cl)c4ccc([nH]4)c(-c4c(Cl)cc(S(=O)(=O)Cl)cc4Cl)c4nc(c(-c5c(Cl)cc(S(=O)(=O)Cl)cc5Cl)c5ccc2[nH]5)C=C4)C=C3)c(Cl)c1. The second kappa shape index (κ2) is 19.4. The zero-order valence-corrected chi connectivity index (χ0v) is 46.9. The second-order valence-corrected chi connectivity index (χ2v) is 28.8. The number of aromatic amines is 2. The first kappa shape index (κ1) is 53.6. The fourth-order valence-electron chi connectivity index (χ4n) is 7.98. The number of aromatic nitrogens is 4. The topological polar surface area (TPSA) is 194 Å². The van der Waals surface area contributed by atoms with Gasteiger partial charge in [-0.3, -0.25) is 0 Å². The van der Waals surface area contributed by atoms with Gasteiger partial charge in [0.25, 0.3) is 36.2 Å². The molecule has 0 atom stereocenters. The maximum absolute atomic E-state index is 12.5. The summed E-state index contributed by atoms with van der Waals surface area (Å²) >= 11 is 55.3. The van der Waals surface area contributed by atoms with E-state index in [2.05, 4.69) is 9.97 Å². The molecule has 2 aliphatic heterocycles. The van der Waals surface area contributed by atoms with Crippen LogP contribution in [0.25, 0.3) is 90.9 Å². The molecule has 28 heteroatoms. The van der Waals surface area contributed by atoms with E-state index in [0.29, 0.717) is 0 Å². The third-order valence-corrected chi connectivity index (χ3v) is 18.7. The minimum absolute atomic E-state index is 0.0713. The number of rotatable bonds is 8. The number of nitrogens with one attached hydrogen (secondary N) is 2. The predicted molar refractivity (Wildman–Crippen MR) is 293 cm³/mol. The molecule has 0 unspecified atom stereocenters. The fraction of sp³-hybridized carbons (Fsp3) is 0. The Bertz CT molecular complexity index is 3700. The summed E-state index contributed by atoms with van der Waals surface area (Å²) in [7, 11) is 5.49. The highest BCUT2D eigenvalue weighted by atomic mass is 35.7. The van der Waals surface area contributed by atoms with Crippen LogP contribution in [-0.2, 0) is 36.2 Å². The number of H-pyrrole nitrogens is 2. The summed E-state index contributed by atoms with van der Waals surface area (Å²) in [4.78, 5) is 15.1. The molecule has 0 saturated heterocycles. The first-order chi connectivity index (χ1) is 33.5. The monoisotopic (exact) mass is 1280 g/mol. The van der Waals surface area contributed by atoms with Crippen molar-refractivity contribution < 1.29 is 33.7 Å². The Morgan fingerprint density at radius 1 is 0.292 bits per heavy atom. The number of fused-ring (bicyclic) bond motifs is 8. The van der Waals surface area contributed by atoms with Crippen molar-refractivity contribution in [3.05, 3.63) is 136 Å². The molecule has 4 aromatic carbocycles. The van der Waals surface area contributed by atoms with Crippen LogP contribution in [0.15, 0.2) is 92.4 Å². The Hall–Kier alpha value is -3.24. The van der Waals surface area contributed by atoms with E-state index in [1.807, 2.05) is 0 Å². The lowest BCUT2D eigenvalue weighted by molar-refractivity contribution is 0.608. The van der Waals surface area contributed by atoms with E-state index in [1.54, 1.807) is 48.6 Å². The maximum Gasteiger partial charge on any atom is 0.261 e. The van der Waals surface area contributed by atoms with E-state index in [0.717, 1.165) is 48.5 Å². The van der Waals surface area contributed by atoms with Crippen molar-refractivity contribution in [3.8, 4) is 44.5 Å². The summed E-state index contributed by atoms with van der Waals surface area (Å²) in [5.41, 5.74) is 2.54. The number of hydrogen-bond acceptors (Lipinski definition) is 10. The smallest absolute Gasteiger partial charge is 0.261 e. The average Bonchev–Trinajstić information content (AvgIpc) is 4.10. The molecule has 0 fully saturated rings. The lowest BCUT2D eigenvalue weighted by atomic mass is 10.0. The average molecular weight is 1280 g/mol. The number of halogens is 12. The molecular formula is C44H18Cl12N4O8S4. The van der Waals surface area contributed by atoms with Crippen molar-refractivity contribution in [1.29, 1.82) is 0 Å². The van der Waals surface area contributed by atoms with Gasteiger partial charge in [-0.05, 0) is 97.1 Å². The molecule has 370 valence electrons. The maximum atomic E-state index is 12.5. The second-order valence-electron chi connectivity index (χ2n) is 15.3. The van der Waals surface area contributed by atoms with Crippen LogP contribution in [0.3, 0.4) is 0 Å². The first-order valence-corrected chi connectivity index (χ1v) is 31.7. The summed E-state index contributed by atoms with van der Waals surface area (Å²) in [6.45, 7) is 0. The molecule has 9 rings (SSSR count). The van der Waals surface area contributed by atoms with Gasteiger partial charge in [0.2, 0.25) is 0 Å². The highest BCUT2D eigenvalue weighted by Crippen LogP contribution is 2.48. The van der Waals surface area contributed by atoms with E-state index in [1.165, 1.54) is 0 Å². The van der Waals surface area contributed by atoms with Crippen molar-refractivity contribution in [3.63, 3.8) is 0 Å². The lowest BCUT2D eigenvalue weighted by Crippen LogP contribution is -1.96. The lowest BCUT2D eigenvalue weighted by Gasteiger charge is -2.13. The van der Waals surface area contributed by atoms with Crippen LogP contribution in [0, 0.1) is 0 Å². The molecule has 0 radical (unpaired) electrons. The molecule has 2 N–H and O–H groups in total. The highest BCUT2D eigenvalue weighted by molar-refractivity contribution is 8.14. The fourth-order valence-corrected chi connectivity index (χ4v) is 14.3. The van der Waals surface area contributed by atoms with E-state index >= 15 is 0 Å². The molecule has 0 aliphatic carbocycles. The standard InChI is InChI=1S/C44H18Cl12N4O8S4/c45-21-9-17(69(53,61)62)10-22(46)37(21)41-29-1-2-30(57-29)42(38-23(47)11-18(12-24(38)48)70(54,63)64)32-5-6-34(59-32)44(40-27(51)15-20(16-28(40)52)72(56,67)68)36-8-7-35(60-36)43(33-4-3-31(41)58-33)39-25(49)13-19(14-26(39)50)71(55,65)66/h1-16,57,60H. The minimum atomic E-state index is -4.35. The Labute approximate surface area is 466 Å². The van der Waals surface area contributed by atoms with Crippen LogP contribution in [0.1, 0.15) is 22.8 Å².